The topological polar surface area (TPSA) is 85.7 Å². The molecule has 4 heterocycles. The Labute approximate surface area is 276 Å². The third-order valence-electron chi connectivity index (χ3n) is 7.99. The minimum atomic E-state index is -0.697. The van der Waals surface area contributed by atoms with Gasteiger partial charge in [0, 0.05) is 24.8 Å². The van der Waals surface area contributed by atoms with Gasteiger partial charge in [-0.05, 0) is 61.6 Å². The SMILES string of the molecule is COc1ccc(CN(Cc2ccc(OC)cc2)c2ncccc2C(C)N2CC(C)Oc3nc(Cl)c(F)c4nc(SC)nc2c34)cc1. The summed E-state index contributed by atoms with van der Waals surface area (Å²) >= 11 is 7.52. The van der Waals surface area contributed by atoms with Gasteiger partial charge in [0.25, 0.3) is 0 Å². The van der Waals surface area contributed by atoms with Gasteiger partial charge in [-0.15, -0.1) is 0 Å². The average Bonchev–Trinajstić information content (AvgIpc) is 3.22. The third-order valence-corrected chi connectivity index (χ3v) is 8.79. The van der Waals surface area contributed by atoms with Crippen LogP contribution in [-0.2, 0) is 13.1 Å². The first kappa shape index (κ1) is 31.6. The summed E-state index contributed by atoms with van der Waals surface area (Å²) in [6.45, 7) is 5.70. The number of benzene rings is 2. The van der Waals surface area contributed by atoms with Gasteiger partial charge in [-0.3, -0.25) is 0 Å². The summed E-state index contributed by atoms with van der Waals surface area (Å²) in [5.74, 6) is 2.47. The summed E-state index contributed by atoms with van der Waals surface area (Å²) in [6.07, 6.45) is 3.36. The molecule has 1 aliphatic rings. The van der Waals surface area contributed by atoms with Crippen LogP contribution in [0.4, 0.5) is 16.0 Å². The van der Waals surface area contributed by atoms with E-state index in [1.165, 1.54) is 11.8 Å². The molecule has 1 aliphatic heterocycles. The molecule has 6 rings (SSSR count). The van der Waals surface area contributed by atoms with Crippen molar-refractivity contribution in [2.75, 3.05) is 36.8 Å². The number of pyridine rings is 2. The van der Waals surface area contributed by atoms with Crippen molar-refractivity contribution in [3.05, 3.63) is 94.5 Å². The molecule has 0 aliphatic carbocycles. The Morgan fingerprint density at radius 2 is 1.63 bits per heavy atom. The molecule has 5 aromatic rings. The van der Waals surface area contributed by atoms with Crippen LogP contribution in [0.5, 0.6) is 17.4 Å². The van der Waals surface area contributed by atoms with E-state index in [1.807, 2.05) is 43.5 Å². The number of nitrogens with zero attached hydrogens (tertiary/aromatic N) is 6. The molecular formula is C34H34ClFN6O3S. The number of aromatic nitrogens is 4. The van der Waals surface area contributed by atoms with Crippen LogP contribution in [0.3, 0.4) is 0 Å². The number of rotatable bonds is 10. The Hall–Kier alpha value is -4.35. The van der Waals surface area contributed by atoms with Gasteiger partial charge in [0.1, 0.15) is 40.1 Å². The van der Waals surface area contributed by atoms with Crippen LogP contribution >= 0.6 is 23.4 Å². The van der Waals surface area contributed by atoms with Crippen LogP contribution in [0.1, 0.15) is 36.6 Å². The number of hydrogen-bond acceptors (Lipinski definition) is 10. The highest BCUT2D eigenvalue weighted by Crippen LogP contribution is 2.42. The minimum absolute atomic E-state index is 0.0858. The van der Waals surface area contributed by atoms with Gasteiger partial charge in [-0.25, -0.2) is 19.3 Å². The van der Waals surface area contributed by atoms with E-state index >= 15 is 4.39 Å². The molecule has 0 radical (unpaired) electrons. The average molecular weight is 661 g/mol. The van der Waals surface area contributed by atoms with Crippen LogP contribution in [0.2, 0.25) is 5.15 Å². The molecule has 238 valence electrons. The Kier molecular flexibility index (Phi) is 9.32. The first-order valence-electron chi connectivity index (χ1n) is 14.8. The van der Waals surface area contributed by atoms with Gasteiger partial charge in [-0.2, -0.15) is 4.98 Å². The minimum Gasteiger partial charge on any atom is -0.497 e. The highest BCUT2D eigenvalue weighted by Gasteiger charge is 2.33. The Morgan fingerprint density at radius 3 is 2.22 bits per heavy atom. The molecule has 3 aromatic heterocycles. The fourth-order valence-corrected chi connectivity index (χ4v) is 6.20. The molecule has 0 saturated heterocycles. The van der Waals surface area contributed by atoms with Gasteiger partial charge in [0.15, 0.2) is 16.1 Å². The Bertz CT molecular complexity index is 1800. The first-order chi connectivity index (χ1) is 22.3. The maximum Gasteiger partial charge on any atom is 0.228 e. The molecule has 0 N–H and O–H groups in total. The highest BCUT2D eigenvalue weighted by atomic mass is 35.5. The normalized spacial score (nSPS) is 14.8. The second kappa shape index (κ2) is 13.6. The molecular weight excluding hydrogens is 627 g/mol. The molecule has 0 amide bonds. The summed E-state index contributed by atoms with van der Waals surface area (Å²) in [5.41, 5.74) is 3.26. The van der Waals surface area contributed by atoms with E-state index < -0.39 is 5.82 Å². The monoisotopic (exact) mass is 660 g/mol. The Morgan fingerprint density at radius 1 is 1.00 bits per heavy atom. The van der Waals surface area contributed by atoms with E-state index in [1.54, 1.807) is 20.4 Å². The number of methoxy groups -OCH3 is 2. The number of anilines is 2. The van der Waals surface area contributed by atoms with Crippen LogP contribution in [0, 0.1) is 5.82 Å². The van der Waals surface area contributed by atoms with Gasteiger partial charge >= 0.3 is 0 Å². The van der Waals surface area contributed by atoms with Gasteiger partial charge < -0.3 is 24.0 Å². The van der Waals surface area contributed by atoms with Gasteiger partial charge in [0.2, 0.25) is 5.88 Å². The van der Waals surface area contributed by atoms with Crippen LogP contribution in [0.15, 0.2) is 72.0 Å². The van der Waals surface area contributed by atoms with E-state index in [4.69, 9.17) is 35.8 Å². The predicted octanol–water partition coefficient (Wildman–Crippen LogP) is 7.51. The van der Waals surface area contributed by atoms with Crippen molar-refractivity contribution >= 4 is 45.9 Å². The van der Waals surface area contributed by atoms with E-state index in [0.29, 0.717) is 36.0 Å². The quantitative estimate of drug-likeness (QED) is 0.0852. The van der Waals surface area contributed by atoms with Crippen molar-refractivity contribution in [3.8, 4) is 17.4 Å². The molecule has 12 heteroatoms. The summed E-state index contributed by atoms with van der Waals surface area (Å²) < 4.78 is 32.4. The smallest absolute Gasteiger partial charge is 0.228 e. The summed E-state index contributed by atoms with van der Waals surface area (Å²) in [6, 6.07) is 19.8. The van der Waals surface area contributed by atoms with Crippen molar-refractivity contribution in [3.63, 3.8) is 0 Å². The van der Waals surface area contributed by atoms with Crippen molar-refractivity contribution in [2.24, 2.45) is 0 Å². The largest absolute Gasteiger partial charge is 0.497 e. The number of ether oxygens (including phenoxy) is 3. The first-order valence-corrected chi connectivity index (χ1v) is 16.4. The van der Waals surface area contributed by atoms with Crippen molar-refractivity contribution in [2.45, 2.75) is 44.2 Å². The molecule has 2 aromatic carbocycles. The van der Waals surface area contributed by atoms with Gasteiger partial charge in [0.05, 0.1) is 26.8 Å². The lowest BCUT2D eigenvalue weighted by atomic mass is 10.0. The molecule has 46 heavy (non-hydrogen) atoms. The fourth-order valence-electron chi connectivity index (χ4n) is 5.67. The standard InChI is InChI=1S/C34H34ClFN6O3S/c1-20-17-42(32-27-29(38-34(40-32)46-5)28(36)30(35)39-33(27)45-20)21(2)26-7-6-16-37-31(26)41(18-22-8-12-24(43-3)13-9-22)19-23-10-14-25(44-4)15-11-23/h6-16,20-21H,17-19H2,1-5H3. The van der Waals surface area contributed by atoms with Crippen LogP contribution in [0.25, 0.3) is 10.9 Å². The lowest BCUT2D eigenvalue weighted by Gasteiger charge is -2.34. The van der Waals surface area contributed by atoms with Crippen molar-refractivity contribution in [1.29, 1.82) is 0 Å². The van der Waals surface area contributed by atoms with E-state index in [-0.39, 0.29) is 28.7 Å². The zero-order valence-corrected chi connectivity index (χ0v) is 27.8. The lowest BCUT2D eigenvalue weighted by molar-refractivity contribution is 0.221. The highest BCUT2D eigenvalue weighted by molar-refractivity contribution is 7.98. The molecule has 0 bridgehead atoms. The number of hydrogen-bond donors (Lipinski definition) is 0. The van der Waals surface area contributed by atoms with Crippen molar-refractivity contribution in [1.82, 2.24) is 19.9 Å². The summed E-state index contributed by atoms with van der Waals surface area (Å²) in [5, 5.41) is 0.540. The third kappa shape index (κ3) is 6.34. The van der Waals surface area contributed by atoms with E-state index in [9.17, 15) is 0 Å². The molecule has 2 atom stereocenters. The lowest BCUT2D eigenvalue weighted by Crippen LogP contribution is -2.36. The second-order valence-corrected chi connectivity index (χ2v) is 12.1. The van der Waals surface area contributed by atoms with Crippen LogP contribution in [-0.4, -0.2) is 53.1 Å². The predicted molar refractivity (Wildman–Crippen MR) is 180 cm³/mol. The van der Waals surface area contributed by atoms with Crippen molar-refractivity contribution < 1.29 is 18.6 Å². The molecule has 2 unspecified atom stereocenters. The van der Waals surface area contributed by atoms with E-state index in [2.05, 4.69) is 57.0 Å². The molecule has 9 nitrogen and oxygen atoms in total. The summed E-state index contributed by atoms with van der Waals surface area (Å²) in [4.78, 5) is 22.9. The van der Waals surface area contributed by atoms with E-state index in [0.717, 1.165) is 34.0 Å². The zero-order valence-electron chi connectivity index (χ0n) is 26.2. The molecule has 0 saturated carbocycles. The zero-order chi connectivity index (χ0) is 32.4. The molecule has 0 fully saturated rings. The number of thioether (sulfide) groups is 1. The maximum atomic E-state index is 15.4. The van der Waals surface area contributed by atoms with Crippen LogP contribution < -0.4 is 24.0 Å². The fraction of sp³-hybridized carbons (Fsp3) is 0.294. The maximum absolute atomic E-state index is 15.4. The second-order valence-electron chi connectivity index (χ2n) is 11.0. The summed E-state index contributed by atoms with van der Waals surface area (Å²) in [7, 11) is 3.32. The number of halogens is 2. The Balaban J connectivity index is 1.45. The molecule has 0 spiro atoms. The van der Waals surface area contributed by atoms with Gasteiger partial charge in [-0.1, -0.05) is 53.7 Å².